The molecule has 1 aliphatic rings. The van der Waals surface area contributed by atoms with Crippen molar-refractivity contribution in [1.82, 2.24) is 4.90 Å². The van der Waals surface area contributed by atoms with Crippen LogP contribution >= 0.6 is 0 Å². The molecule has 3 aromatic carbocycles. The number of allylic oxidation sites excluding steroid dienone is 1. The number of methoxy groups -OCH3 is 2. The Morgan fingerprint density at radius 3 is 2.09 bits per heavy atom. The van der Waals surface area contributed by atoms with E-state index in [1.807, 2.05) is 43.0 Å². The monoisotopic (exact) mass is 467 g/mol. The highest BCUT2D eigenvalue weighted by atomic mass is 16.5. The van der Waals surface area contributed by atoms with Gasteiger partial charge in [0.2, 0.25) is 5.91 Å². The molecule has 0 radical (unpaired) electrons. The van der Waals surface area contributed by atoms with Crippen LogP contribution in [0.2, 0.25) is 0 Å². The van der Waals surface area contributed by atoms with Gasteiger partial charge in [-0.15, -0.1) is 0 Å². The first-order valence-electron chi connectivity index (χ1n) is 12.2. The van der Waals surface area contributed by atoms with Crippen molar-refractivity contribution in [3.63, 3.8) is 0 Å². The number of aryl methyl sites for hydroxylation is 1. The first kappa shape index (κ1) is 24.3. The van der Waals surface area contributed by atoms with Gasteiger partial charge < -0.3 is 14.4 Å². The van der Waals surface area contributed by atoms with Gasteiger partial charge in [-0.1, -0.05) is 42.5 Å². The molecule has 4 heteroatoms. The normalized spacial score (nSPS) is 13.0. The number of hydrogen-bond donors (Lipinski definition) is 0. The van der Waals surface area contributed by atoms with E-state index in [2.05, 4.69) is 48.5 Å². The molecule has 0 atom stereocenters. The Balaban J connectivity index is 1.74. The Morgan fingerprint density at radius 1 is 0.829 bits per heavy atom. The molecule has 4 rings (SSSR count). The van der Waals surface area contributed by atoms with E-state index in [0.717, 1.165) is 35.5 Å². The third-order valence-corrected chi connectivity index (χ3v) is 6.66. The number of carbonyl (C=O) groups is 1. The smallest absolute Gasteiger partial charge is 0.246 e. The number of fused-ring (bicyclic) bond motifs is 1. The van der Waals surface area contributed by atoms with Crippen LogP contribution < -0.4 is 9.47 Å². The maximum absolute atomic E-state index is 12.3. The lowest BCUT2D eigenvalue weighted by Crippen LogP contribution is -2.28. The third-order valence-electron chi connectivity index (χ3n) is 6.66. The number of hydrogen-bond acceptors (Lipinski definition) is 3. The number of rotatable bonds is 8. The summed E-state index contributed by atoms with van der Waals surface area (Å²) in [6, 6.07) is 23.1. The predicted molar refractivity (Wildman–Crippen MR) is 144 cm³/mol. The molecule has 1 amide bonds. The van der Waals surface area contributed by atoms with Crippen molar-refractivity contribution in [2.45, 2.75) is 26.7 Å². The van der Waals surface area contributed by atoms with Gasteiger partial charge in [-0.05, 0) is 96.0 Å². The molecule has 4 nitrogen and oxygen atoms in total. The fourth-order valence-corrected chi connectivity index (χ4v) is 4.67. The minimum Gasteiger partial charge on any atom is -0.497 e. The van der Waals surface area contributed by atoms with Gasteiger partial charge in [0.15, 0.2) is 0 Å². The fourth-order valence-electron chi connectivity index (χ4n) is 4.67. The number of carbonyl (C=O) groups excluding carboxylic acids is 1. The summed E-state index contributed by atoms with van der Waals surface area (Å²) in [6.45, 7) is 5.42. The van der Waals surface area contributed by atoms with Crippen molar-refractivity contribution in [3.8, 4) is 11.5 Å². The van der Waals surface area contributed by atoms with E-state index >= 15 is 0 Å². The molecule has 0 unspecified atom stereocenters. The van der Waals surface area contributed by atoms with Crippen molar-refractivity contribution in [1.29, 1.82) is 0 Å². The summed E-state index contributed by atoms with van der Waals surface area (Å²) >= 11 is 0. The Morgan fingerprint density at radius 2 is 1.46 bits per heavy atom. The van der Waals surface area contributed by atoms with Crippen molar-refractivity contribution in [3.05, 3.63) is 101 Å². The van der Waals surface area contributed by atoms with Crippen LogP contribution in [0.15, 0.2) is 72.8 Å². The number of likely N-dealkylation sites (N-methyl/N-ethyl adjacent to an activating group) is 1. The van der Waals surface area contributed by atoms with Crippen LogP contribution in [0.3, 0.4) is 0 Å². The molecule has 0 saturated heterocycles. The highest BCUT2D eigenvalue weighted by molar-refractivity contribution is 6.01. The number of amides is 1. The van der Waals surface area contributed by atoms with Gasteiger partial charge in [0.1, 0.15) is 11.5 Å². The molecule has 0 saturated carbocycles. The molecule has 0 heterocycles. The van der Waals surface area contributed by atoms with Crippen LogP contribution in [-0.2, 0) is 11.2 Å². The van der Waals surface area contributed by atoms with Gasteiger partial charge in [0.05, 0.1) is 14.2 Å². The van der Waals surface area contributed by atoms with Gasteiger partial charge in [-0.25, -0.2) is 0 Å². The van der Waals surface area contributed by atoms with Crippen LogP contribution in [0.25, 0.3) is 17.2 Å². The Kier molecular flexibility index (Phi) is 7.71. The van der Waals surface area contributed by atoms with Crippen LogP contribution in [0.5, 0.6) is 11.5 Å². The van der Waals surface area contributed by atoms with E-state index in [0.29, 0.717) is 13.1 Å². The predicted octanol–water partition coefficient (Wildman–Crippen LogP) is 6.49. The molecule has 0 bridgehead atoms. The summed E-state index contributed by atoms with van der Waals surface area (Å²) < 4.78 is 10.9. The maximum Gasteiger partial charge on any atom is 0.246 e. The first-order valence-corrected chi connectivity index (χ1v) is 12.2. The SMILES string of the molecule is CCN(CC)C(=O)/C=C/c1ccc(C2=C(c3ccc(OC)cc3)CCc3cc(OC)ccc32)cc1. The maximum atomic E-state index is 12.3. The molecular formula is C31H33NO3. The molecule has 0 aliphatic heterocycles. The molecule has 35 heavy (non-hydrogen) atoms. The van der Waals surface area contributed by atoms with Crippen molar-refractivity contribution in [2.24, 2.45) is 0 Å². The number of nitrogens with zero attached hydrogens (tertiary/aromatic N) is 1. The van der Waals surface area contributed by atoms with E-state index in [1.165, 1.54) is 27.8 Å². The minimum absolute atomic E-state index is 0.0405. The summed E-state index contributed by atoms with van der Waals surface area (Å²) in [6.07, 6.45) is 5.46. The van der Waals surface area contributed by atoms with Crippen LogP contribution in [0, 0.1) is 0 Å². The topological polar surface area (TPSA) is 38.8 Å². The summed E-state index contributed by atoms with van der Waals surface area (Å²) in [5, 5.41) is 0. The Labute approximate surface area is 208 Å². The zero-order chi connectivity index (χ0) is 24.8. The molecule has 0 spiro atoms. The van der Waals surface area contributed by atoms with Gasteiger partial charge in [0, 0.05) is 19.2 Å². The van der Waals surface area contributed by atoms with Gasteiger partial charge in [-0.3, -0.25) is 4.79 Å². The summed E-state index contributed by atoms with van der Waals surface area (Å²) in [4.78, 5) is 14.2. The number of benzene rings is 3. The third kappa shape index (κ3) is 5.32. The van der Waals surface area contributed by atoms with Crippen LogP contribution in [0.4, 0.5) is 0 Å². The lowest BCUT2D eigenvalue weighted by molar-refractivity contribution is -0.125. The highest BCUT2D eigenvalue weighted by Crippen LogP contribution is 2.42. The van der Waals surface area contributed by atoms with E-state index in [1.54, 1.807) is 20.3 Å². The standard InChI is InChI=1S/C31H33NO3/c1-5-32(6-2)30(33)20-9-22-7-10-24(11-8-22)31-28(23-12-15-26(34-3)16-13-23)18-14-25-21-27(35-4)17-19-29(25)31/h7-13,15-17,19-21H,5-6,14,18H2,1-4H3/b20-9+. The van der Waals surface area contributed by atoms with Gasteiger partial charge in [-0.2, -0.15) is 0 Å². The fraction of sp³-hybridized carbons (Fsp3) is 0.258. The quantitative estimate of drug-likeness (QED) is 0.355. The molecule has 3 aromatic rings. The van der Waals surface area contributed by atoms with Gasteiger partial charge >= 0.3 is 0 Å². The Bertz CT molecular complexity index is 1230. The molecule has 1 aliphatic carbocycles. The molecule has 180 valence electrons. The van der Waals surface area contributed by atoms with Crippen molar-refractivity contribution < 1.29 is 14.3 Å². The molecule has 0 fully saturated rings. The Hall–Kier alpha value is -3.79. The second-order valence-electron chi connectivity index (χ2n) is 8.57. The largest absolute Gasteiger partial charge is 0.497 e. The summed E-state index contributed by atoms with van der Waals surface area (Å²) in [7, 11) is 3.40. The molecule has 0 aromatic heterocycles. The van der Waals surface area contributed by atoms with Crippen molar-refractivity contribution in [2.75, 3.05) is 27.3 Å². The van der Waals surface area contributed by atoms with E-state index in [4.69, 9.17) is 9.47 Å². The van der Waals surface area contributed by atoms with Crippen LogP contribution in [-0.4, -0.2) is 38.1 Å². The second-order valence-corrected chi connectivity index (χ2v) is 8.57. The van der Waals surface area contributed by atoms with Crippen LogP contribution in [0.1, 0.15) is 48.1 Å². The van der Waals surface area contributed by atoms with E-state index in [9.17, 15) is 4.79 Å². The second kappa shape index (κ2) is 11.1. The molecular weight excluding hydrogens is 434 g/mol. The first-order chi connectivity index (χ1) is 17.1. The number of ether oxygens (including phenoxy) is 2. The zero-order valence-electron chi connectivity index (χ0n) is 21.0. The summed E-state index contributed by atoms with van der Waals surface area (Å²) in [5.41, 5.74) is 8.48. The average molecular weight is 468 g/mol. The zero-order valence-corrected chi connectivity index (χ0v) is 21.0. The average Bonchev–Trinajstić information content (AvgIpc) is 2.92. The van der Waals surface area contributed by atoms with Gasteiger partial charge in [0.25, 0.3) is 0 Å². The van der Waals surface area contributed by atoms with E-state index < -0.39 is 0 Å². The lowest BCUT2D eigenvalue weighted by atomic mass is 9.79. The van der Waals surface area contributed by atoms with E-state index in [-0.39, 0.29) is 5.91 Å². The summed E-state index contributed by atoms with van der Waals surface area (Å²) in [5.74, 6) is 1.78. The highest BCUT2D eigenvalue weighted by Gasteiger charge is 2.22. The van der Waals surface area contributed by atoms with Crippen molar-refractivity contribution >= 4 is 23.1 Å². The molecule has 0 N–H and O–H groups in total. The minimum atomic E-state index is 0.0405. The lowest BCUT2D eigenvalue weighted by Gasteiger charge is -2.25.